The van der Waals surface area contributed by atoms with E-state index in [1.807, 2.05) is 12.2 Å². The van der Waals surface area contributed by atoms with Gasteiger partial charge in [0.1, 0.15) is 25.1 Å². The van der Waals surface area contributed by atoms with Crippen LogP contribution in [0.1, 0.15) is 58.4 Å². The smallest absolute Gasteiger partial charge is 0.416 e. The van der Waals surface area contributed by atoms with Crippen molar-refractivity contribution >= 4 is 11.9 Å². The average molecular weight is 618 g/mol. The van der Waals surface area contributed by atoms with Crippen LogP contribution in [-0.2, 0) is 20.5 Å². The Labute approximate surface area is 251 Å². The van der Waals surface area contributed by atoms with Crippen molar-refractivity contribution in [3.05, 3.63) is 54.1 Å². The van der Waals surface area contributed by atoms with Crippen molar-refractivity contribution in [2.24, 2.45) is 11.8 Å². The predicted octanol–water partition coefficient (Wildman–Crippen LogP) is 4.45. The second kappa shape index (κ2) is 20.1. The molecule has 1 aliphatic carbocycles. The van der Waals surface area contributed by atoms with Crippen molar-refractivity contribution in [1.29, 1.82) is 0 Å². The number of rotatable bonds is 16. The Morgan fingerprint density at radius 3 is 2.44 bits per heavy atom. The van der Waals surface area contributed by atoms with E-state index in [4.69, 9.17) is 19.4 Å². The molecule has 43 heavy (non-hydrogen) atoms. The van der Waals surface area contributed by atoms with Gasteiger partial charge in [-0.05, 0) is 56.5 Å². The molecule has 0 spiro atoms. The van der Waals surface area contributed by atoms with Crippen molar-refractivity contribution in [3.8, 4) is 5.75 Å². The van der Waals surface area contributed by atoms with E-state index in [1.54, 1.807) is 6.08 Å². The molecule has 0 aliphatic heterocycles. The standard InChI is InChI=1S/C29H42F3NO6.C2H4O2/c1-3-33(4-2)16-17-38-28(37)13-8-6-5-7-12-24-25(27(36)19-26(24)35)15-14-22(34)20-39-23-11-9-10-21(18-23)29(30,31)32;1-2(3)4/h5,7,9-11,14-15,18,22,24-27,34-36H,3-4,6,8,12-13,16-17,19-20H2,1-2H3;1H3,(H,3,4)/b7-5-,15-14+;/t22-,24-,25-,26+,27-;/m1./s1. The largest absolute Gasteiger partial charge is 0.491 e. The van der Waals surface area contributed by atoms with Gasteiger partial charge in [-0.25, -0.2) is 0 Å². The Hall–Kier alpha value is -2.93. The van der Waals surface area contributed by atoms with E-state index in [0.29, 0.717) is 32.3 Å². The van der Waals surface area contributed by atoms with Gasteiger partial charge in [0, 0.05) is 32.2 Å². The van der Waals surface area contributed by atoms with Gasteiger partial charge in [-0.1, -0.05) is 44.2 Å². The van der Waals surface area contributed by atoms with Crippen LogP contribution in [0.25, 0.3) is 0 Å². The Kier molecular flexibility index (Phi) is 17.8. The highest BCUT2D eigenvalue weighted by atomic mass is 19.4. The normalized spacial score (nSPS) is 21.2. The topological polar surface area (TPSA) is 137 Å². The molecule has 0 unspecified atom stereocenters. The molecule has 12 heteroatoms. The van der Waals surface area contributed by atoms with Gasteiger partial charge in [0.15, 0.2) is 0 Å². The van der Waals surface area contributed by atoms with Crippen molar-refractivity contribution in [1.82, 2.24) is 4.90 Å². The van der Waals surface area contributed by atoms with E-state index < -0.39 is 41.9 Å². The number of unbranched alkanes of at least 4 members (excludes halogenated alkanes) is 1. The molecule has 0 radical (unpaired) electrons. The number of esters is 1. The minimum Gasteiger partial charge on any atom is -0.491 e. The average Bonchev–Trinajstić information content (AvgIpc) is 3.21. The minimum absolute atomic E-state index is 0.00972. The fourth-order valence-corrected chi connectivity index (χ4v) is 4.60. The minimum atomic E-state index is -4.49. The van der Waals surface area contributed by atoms with Gasteiger partial charge >= 0.3 is 12.1 Å². The van der Waals surface area contributed by atoms with Gasteiger partial charge < -0.3 is 34.8 Å². The van der Waals surface area contributed by atoms with Gasteiger partial charge in [-0.15, -0.1) is 0 Å². The number of carbonyl (C=O) groups excluding carboxylic acids is 1. The molecule has 9 nitrogen and oxygen atoms in total. The van der Waals surface area contributed by atoms with E-state index in [2.05, 4.69) is 18.7 Å². The zero-order valence-corrected chi connectivity index (χ0v) is 25.1. The molecule has 1 aliphatic rings. The van der Waals surface area contributed by atoms with E-state index in [0.717, 1.165) is 38.7 Å². The molecule has 0 saturated heterocycles. The summed E-state index contributed by atoms with van der Waals surface area (Å²) in [7, 11) is 0. The number of hydrogen-bond donors (Lipinski definition) is 4. The highest BCUT2D eigenvalue weighted by Crippen LogP contribution is 2.36. The zero-order chi connectivity index (χ0) is 32.4. The molecule has 1 fully saturated rings. The molecule has 1 aromatic carbocycles. The van der Waals surface area contributed by atoms with Gasteiger partial charge in [-0.2, -0.15) is 13.2 Å². The highest BCUT2D eigenvalue weighted by molar-refractivity contribution is 5.69. The van der Waals surface area contributed by atoms with Gasteiger partial charge in [0.05, 0.1) is 17.8 Å². The van der Waals surface area contributed by atoms with Crippen molar-refractivity contribution in [3.63, 3.8) is 0 Å². The summed E-state index contributed by atoms with van der Waals surface area (Å²) in [5, 5.41) is 38.4. The van der Waals surface area contributed by atoms with Crippen LogP contribution in [0.3, 0.4) is 0 Å². The molecule has 244 valence electrons. The summed E-state index contributed by atoms with van der Waals surface area (Å²) in [6.07, 6.45) is 2.24. The van der Waals surface area contributed by atoms with Crippen LogP contribution in [0.4, 0.5) is 13.2 Å². The lowest BCUT2D eigenvalue weighted by Crippen LogP contribution is -2.27. The van der Waals surface area contributed by atoms with Crippen molar-refractivity contribution in [2.75, 3.05) is 32.8 Å². The molecule has 1 saturated carbocycles. The highest BCUT2D eigenvalue weighted by Gasteiger charge is 2.39. The van der Waals surface area contributed by atoms with E-state index >= 15 is 0 Å². The SMILES string of the molecule is CC(=O)O.CCN(CC)CCOC(=O)CCC/C=C\C[C@@H]1[C@@H](/C=C/[C@@H](O)COc2cccc(C(F)(F)F)c2)[C@H](O)C[C@@H]1O. The number of alkyl halides is 3. The lowest BCUT2D eigenvalue weighted by Gasteiger charge is -2.19. The first kappa shape index (κ1) is 38.1. The van der Waals surface area contributed by atoms with Gasteiger partial charge in [0.2, 0.25) is 0 Å². The molecule has 4 N–H and O–H groups in total. The number of aliphatic hydroxyl groups is 3. The number of aliphatic hydroxyl groups excluding tert-OH is 3. The van der Waals surface area contributed by atoms with Crippen LogP contribution < -0.4 is 4.74 Å². The molecular formula is C31H46F3NO8. The second-order valence-corrected chi connectivity index (χ2v) is 10.3. The van der Waals surface area contributed by atoms with Crippen LogP contribution in [0, 0.1) is 11.8 Å². The van der Waals surface area contributed by atoms with E-state index in [9.17, 15) is 33.3 Å². The van der Waals surface area contributed by atoms with Crippen LogP contribution >= 0.6 is 0 Å². The quantitative estimate of drug-likeness (QED) is 0.120. The first-order chi connectivity index (χ1) is 20.3. The summed E-state index contributed by atoms with van der Waals surface area (Å²) < 4.78 is 49.1. The van der Waals surface area contributed by atoms with Crippen molar-refractivity contribution < 1.29 is 52.7 Å². The molecule has 2 rings (SSSR count). The number of halogens is 3. The van der Waals surface area contributed by atoms with E-state index in [-0.39, 0.29) is 30.7 Å². The molecule has 1 aromatic rings. The van der Waals surface area contributed by atoms with Gasteiger partial charge in [-0.3, -0.25) is 9.59 Å². The zero-order valence-electron chi connectivity index (χ0n) is 25.1. The maximum Gasteiger partial charge on any atom is 0.416 e. The Bertz CT molecular complexity index is 1010. The molecule has 0 bridgehead atoms. The summed E-state index contributed by atoms with van der Waals surface area (Å²) in [5.41, 5.74) is -0.838. The number of likely N-dealkylation sites (N-methyl/N-ethyl adjacent to an activating group) is 1. The van der Waals surface area contributed by atoms with Crippen LogP contribution in [-0.4, -0.2) is 88.4 Å². The number of carboxylic acids is 1. The number of allylic oxidation sites excluding steroid dienone is 2. The maximum absolute atomic E-state index is 12.8. The lowest BCUT2D eigenvalue weighted by molar-refractivity contribution is -0.144. The summed E-state index contributed by atoms with van der Waals surface area (Å²) in [6, 6.07) is 4.41. The summed E-state index contributed by atoms with van der Waals surface area (Å²) in [4.78, 5) is 23.0. The summed E-state index contributed by atoms with van der Waals surface area (Å²) >= 11 is 0. The van der Waals surface area contributed by atoms with Crippen molar-refractivity contribution in [2.45, 2.75) is 77.4 Å². The first-order valence-electron chi connectivity index (χ1n) is 14.5. The third kappa shape index (κ3) is 15.9. The Balaban J connectivity index is 0.00000217. The Morgan fingerprint density at radius 2 is 1.81 bits per heavy atom. The Morgan fingerprint density at radius 1 is 1.14 bits per heavy atom. The monoisotopic (exact) mass is 617 g/mol. The van der Waals surface area contributed by atoms with Crippen LogP contribution in [0.15, 0.2) is 48.6 Å². The summed E-state index contributed by atoms with van der Waals surface area (Å²) in [6.45, 7) is 7.90. The third-order valence-electron chi connectivity index (χ3n) is 6.95. The molecule has 5 atom stereocenters. The van der Waals surface area contributed by atoms with Gasteiger partial charge in [0.25, 0.3) is 5.97 Å². The molecule has 0 aromatic heterocycles. The molecule has 0 heterocycles. The number of carboxylic acid groups (broad SMARTS) is 1. The number of hydrogen-bond acceptors (Lipinski definition) is 8. The number of benzene rings is 1. The molecular weight excluding hydrogens is 571 g/mol. The third-order valence-corrected chi connectivity index (χ3v) is 6.95. The van der Waals surface area contributed by atoms with Crippen LogP contribution in [0.5, 0.6) is 5.75 Å². The van der Waals surface area contributed by atoms with E-state index in [1.165, 1.54) is 18.2 Å². The number of aliphatic carboxylic acids is 1. The number of nitrogens with zero attached hydrogens (tertiary/aromatic N) is 1. The predicted molar refractivity (Wildman–Crippen MR) is 155 cm³/mol. The van der Waals surface area contributed by atoms with Crippen LogP contribution in [0.2, 0.25) is 0 Å². The molecule has 0 amide bonds. The fraction of sp³-hybridized carbons (Fsp3) is 0.613. The fourth-order valence-electron chi connectivity index (χ4n) is 4.60. The second-order valence-electron chi connectivity index (χ2n) is 10.3. The lowest BCUT2D eigenvalue weighted by atomic mass is 9.89. The number of carbonyl (C=O) groups is 2. The maximum atomic E-state index is 12.8. The summed E-state index contributed by atoms with van der Waals surface area (Å²) in [5.74, 6) is -1.71. The first-order valence-corrected chi connectivity index (χ1v) is 14.5. The number of ether oxygens (including phenoxy) is 2.